The number of carbonyl (C=O) groups excluding carboxylic acids is 1. The third kappa shape index (κ3) is 4.40. The molecular formula is C20H23NO2S. The van der Waals surface area contributed by atoms with Crippen LogP contribution in [0.2, 0.25) is 0 Å². The fourth-order valence-corrected chi connectivity index (χ4v) is 4.28. The summed E-state index contributed by atoms with van der Waals surface area (Å²) in [6, 6.07) is 19.2. The number of Topliss-reactive ketones (excluding diaryl/α,β-unsaturated/α-hetero) is 1. The lowest BCUT2D eigenvalue weighted by molar-refractivity contribution is 0.0845. The molecule has 4 heteroatoms. The predicted octanol–water partition coefficient (Wildman–Crippen LogP) is 3.39. The van der Waals surface area contributed by atoms with E-state index in [4.69, 9.17) is 0 Å². The van der Waals surface area contributed by atoms with E-state index in [0.29, 0.717) is 5.75 Å². The summed E-state index contributed by atoms with van der Waals surface area (Å²) in [5.74, 6) is 1.05. The lowest BCUT2D eigenvalue weighted by atomic mass is 9.89. The monoisotopic (exact) mass is 341 g/mol. The maximum atomic E-state index is 12.5. The number of rotatable bonds is 6. The van der Waals surface area contributed by atoms with Crippen molar-refractivity contribution in [3.63, 3.8) is 0 Å². The Morgan fingerprint density at radius 3 is 2.17 bits per heavy atom. The average Bonchev–Trinajstić information content (AvgIpc) is 2.67. The zero-order valence-corrected chi connectivity index (χ0v) is 14.6. The van der Waals surface area contributed by atoms with Crippen LogP contribution in [0.4, 0.5) is 0 Å². The van der Waals surface area contributed by atoms with E-state index in [-0.39, 0.29) is 11.7 Å². The Morgan fingerprint density at radius 1 is 0.958 bits per heavy atom. The SMILES string of the molecule is O=C(c1ccccc1)C1CCN(CC[S@](=O)c2ccccc2)CC1. The third-order valence-corrected chi connectivity index (χ3v) is 5.97. The third-order valence-electron chi connectivity index (χ3n) is 4.62. The van der Waals surface area contributed by atoms with Crippen molar-refractivity contribution in [2.24, 2.45) is 5.92 Å². The molecule has 0 bridgehead atoms. The van der Waals surface area contributed by atoms with Crippen molar-refractivity contribution in [2.45, 2.75) is 17.7 Å². The second-order valence-corrected chi connectivity index (χ2v) is 7.78. The van der Waals surface area contributed by atoms with Crippen LogP contribution in [-0.2, 0) is 10.8 Å². The lowest BCUT2D eigenvalue weighted by Gasteiger charge is -2.31. The van der Waals surface area contributed by atoms with Gasteiger partial charge in [-0.2, -0.15) is 0 Å². The molecule has 1 fully saturated rings. The molecule has 126 valence electrons. The Bertz CT molecular complexity index is 679. The normalized spacial score (nSPS) is 17.5. The summed E-state index contributed by atoms with van der Waals surface area (Å²) in [5.41, 5.74) is 0.820. The molecule has 0 N–H and O–H groups in total. The predicted molar refractivity (Wildman–Crippen MR) is 97.7 cm³/mol. The lowest BCUT2D eigenvalue weighted by Crippen LogP contribution is -2.38. The molecule has 2 aromatic carbocycles. The second kappa shape index (κ2) is 8.36. The van der Waals surface area contributed by atoms with Gasteiger partial charge in [0.2, 0.25) is 0 Å². The highest BCUT2D eigenvalue weighted by Crippen LogP contribution is 2.21. The number of likely N-dealkylation sites (tertiary alicyclic amines) is 1. The quantitative estimate of drug-likeness (QED) is 0.756. The van der Waals surface area contributed by atoms with Gasteiger partial charge < -0.3 is 4.90 Å². The summed E-state index contributed by atoms with van der Waals surface area (Å²) in [6.45, 7) is 2.65. The van der Waals surface area contributed by atoms with E-state index in [9.17, 15) is 9.00 Å². The second-order valence-electron chi connectivity index (χ2n) is 6.21. The van der Waals surface area contributed by atoms with Crippen molar-refractivity contribution >= 4 is 16.6 Å². The highest BCUT2D eigenvalue weighted by atomic mass is 32.2. The van der Waals surface area contributed by atoms with Crippen molar-refractivity contribution in [1.29, 1.82) is 0 Å². The van der Waals surface area contributed by atoms with Gasteiger partial charge in [-0.25, -0.2) is 0 Å². The molecule has 0 spiro atoms. The van der Waals surface area contributed by atoms with Gasteiger partial charge in [-0.3, -0.25) is 9.00 Å². The minimum absolute atomic E-state index is 0.128. The van der Waals surface area contributed by atoms with Crippen LogP contribution in [0.3, 0.4) is 0 Å². The zero-order valence-electron chi connectivity index (χ0n) is 13.8. The summed E-state index contributed by atoms with van der Waals surface area (Å²) in [6.07, 6.45) is 1.79. The first-order valence-corrected chi connectivity index (χ1v) is 9.81. The molecule has 24 heavy (non-hydrogen) atoms. The van der Waals surface area contributed by atoms with E-state index in [1.54, 1.807) is 0 Å². The number of hydrogen-bond acceptors (Lipinski definition) is 3. The fourth-order valence-electron chi connectivity index (χ4n) is 3.16. The molecule has 1 saturated heterocycles. The summed E-state index contributed by atoms with van der Waals surface area (Å²) in [4.78, 5) is 15.7. The van der Waals surface area contributed by atoms with Gasteiger partial charge in [-0.15, -0.1) is 0 Å². The van der Waals surface area contributed by atoms with E-state index in [1.807, 2.05) is 60.7 Å². The Morgan fingerprint density at radius 2 is 1.54 bits per heavy atom. The molecule has 0 amide bonds. The number of ketones is 1. The molecule has 1 aliphatic rings. The molecule has 1 aliphatic heterocycles. The number of nitrogens with zero attached hydrogens (tertiary/aromatic N) is 1. The molecule has 1 heterocycles. The fraction of sp³-hybridized carbons (Fsp3) is 0.350. The van der Waals surface area contributed by atoms with Crippen LogP contribution in [0.5, 0.6) is 0 Å². The van der Waals surface area contributed by atoms with E-state index < -0.39 is 10.8 Å². The van der Waals surface area contributed by atoms with E-state index in [1.165, 1.54) is 0 Å². The van der Waals surface area contributed by atoms with Crippen molar-refractivity contribution in [1.82, 2.24) is 4.90 Å². The maximum Gasteiger partial charge on any atom is 0.166 e. The average molecular weight is 341 g/mol. The first-order chi connectivity index (χ1) is 11.7. The number of benzene rings is 2. The standard InChI is InChI=1S/C20H23NO2S/c22-20(17-7-3-1-4-8-17)18-11-13-21(14-12-18)15-16-24(23)19-9-5-2-6-10-19/h1-10,18H,11-16H2/t24-/m0/s1. The Labute approximate surface area is 146 Å². The highest BCUT2D eigenvalue weighted by Gasteiger charge is 2.25. The Hall–Kier alpha value is -1.78. The summed E-state index contributed by atoms with van der Waals surface area (Å²) >= 11 is 0. The Kier molecular flexibility index (Phi) is 5.94. The van der Waals surface area contributed by atoms with Gasteiger partial charge in [0, 0.05) is 28.7 Å². The molecule has 3 rings (SSSR count). The van der Waals surface area contributed by atoms with Gasteiger partial charge in [0.1, 0.15) is 0 Å². The largest absolute Gasteiger partial charge is 0.302 e. The van der Waals surface area contributed by atoms with Crippen molar-refractivity contribution in [3.8, 4) is 0 Å². The minimum atomic E-state index is -0.941. The van der Waals surface area contributed by atoms with Crippen molar-refractivity contribution in [3.05, 3.63) is 66.2 Å². The molecule has 0 unspecified atom stereocenters. The maximum absolute atomic E-state index is 12.5. The van der Waals surface area contributed by atoms with E-state index >= 15 is 0 Å². The minimum Gasteiger partial charge on any atom is -0.302 e. The van der Waals surface area contributed by atoms with Crippen LogP contribution < -0.4 is 0 Å². The first-order valence-electron chi connectivity index (χ1n) is 8.49. The van der Waals surface area contributed by atoms with Gasteiger partial charge in [-0.1, -0.05) is 48.5 Å². The van der Waals surface area contributed by atoms with Crippen LogP contribution in [0.1, 0.15) is 23.2 Å². The topological polar surface area (TPSA) is 37.4 Å². The number of carbonyl (C=O) groups is 1. The van der Waals surface area contributed by atoms with Crippen molar-refractivity contribution < 1.29 is 9.00 Å². The van der Waals surface area contributed by atoms with Crippen LogP contribution in [-0.4, -0.2) is 40.3 Å². The molecule has 0 aromatic heterocycles. The van der Waals surface area contributed by atoms with E-state index in [0.717, 1.165) is 42.9 Å². The van der Waals surface area contributed by atoms with Gasteiger partial charge in [0.05, 0.1) is 10.8 Å². The molecule has 0 aliphatic carbocycles. The zero-order chi connectivity index (χ0) is 16.8. The number of hydrogen-bond donors (Lipinski definition) is 0. The van der Waals surface area contributed by atoms with E-state index in [2.05, 4.69) is 4.90 Å². The van der Waals surface area contributed by atoms with Gasteiger partial charge >= 0.3 is 0 Å². The smallest absolute Gasteiger partial charge is 0.166 e. The molecule has 2 aromatic rings. The van der Waals surface area contributed by atoms with Crippen LogP contribution in [0, 0.1) is 5.92 Å². The molecular weight excluding hydrogens is 318 g/mol. The van der Waals surface area contributed by atoms with Crippen molar-refractivity contribution in [2.75, 3.05) is 25.4 Å². The Balaban J connectivity index is 1.46. The highest BCUT2D eigenvalue weighted by molar-refractivity contribution is 7.85. The van der Waals surface area contributed by atoms with Gasteiger partial charge in [0.25, 0.3) is 0 Å². The number of piperidine rings is 1. The van der Waals surface area contributed by atoms with Gasteiger partial charge in [-0.05, 0) is 38.1 Å². The van der Waals surface area contributed by atoms with Crippen LogP contribution in [0.15, 0.2) is 65.6 Å². The van der Waals surface area contributed by atoms with Gasteiger partial charge in [0.15, 0.2) is 5.78 Å². The summed E-state index contributed by atoms with van der Waals surface area (Å²) in [5, 5.41) is 0. The van der Waals surface area contributed by atoms with Crippen LogP contribution >= 0.6 is 0 Å². The summed E-state index contributed by atoms with van der Waals surface area (Å²) in [7, 11) is -0.941. The van der Waals surface area contributed by atoms with Crippen LogP contribution in [0.25, 0.3) is 0 Å². The molecule has 0 radical (unpaired) electrons. The molecule has 1 atom stereocenters. The summed E-state index contributed by atoms with van der Waals surface area (Å²) < 4.78 is 12.3. The molecule has 0 saturated carbocycles. The molecule has 3 nitrogen and oxygen atoms in total. The first kappa shape index (κ1) is 17.1.